The molecule has 3 nitrogen and oxygen atoms in total. The van der Waals surface area contributed by atoms with E-state index < -0.39 is 0 Å². The fourth-order valence-corrected chi connectivity index (χ4v) is 2.40. The van der Waals surface area contributed by atoms with E-state index in [-0.39, 0.29) is 5.97 Å². The number of carbonyl (C=O) groups excluding carboxylic acids is 1. The third-order valence-electron chi connectivity index (χ3n) is 3.98. The minimum absolute atomic E-state index is 0.203. The summed E-state index contributed by atoms with van der Waals surface area (Å²) in [6.45, 7) is 11.4. The Balaban J connectivity index is 2.56. The lowest BCUT2D eigenvalue weighted by Gasteiger charge is -2.29. The topological polar surface area (TPSA) is 26.3 Å². The summed E-state index contributed by atoms with van der Waals surface area (Å²) in [5.41, 5.74) is 2.69. The van der Waals surface area contributed by atoms with Gasteiger partial charge in [-0.2, -0.15) is 0 Å². The summed E-state index contributed by atoms with van der Waals surface area (Å²) in [5, 5.41) is 0. The maximum absolute atomic E-state index is 11.6. The van der Waals surface area contributed by atoms with Gasteiger partial charge in [0.05, 0.1) is 32.8 Å². The molecule has 22 heavy (non-hydrogen) atoms. The summed E-state index contributed by atoms with van der Waals surface area (Å²) in [7, 11) is 4.27. The minimum Gasteiger partial charge on any atom is -0.432 e. The van der Waals surface area contributed by atoms with E-state index in [9.17, 15) is 4.79 Å². The molecule has 0 bridgehead atoms. The molecule has 0 heterocycles. The van der Waals surface area contributed by atoms with Gasteiger partial charge in [0.1, 0.15) is 6.54 Å². The summed E-state index contributed by atoms with van der Waals surface area (Å²) in [6, 6.07) is 8.85. The highest BCUT2D eigenvalue weighted by molar-refractivity contribution is 5.70. The average Bonchev–Trinajstić information content (AvgIpc) is 2.44. The summed E-state index contributed by atoms with van der Waals surface area (Å²) >= 11 is 0. The third-order valence-corrected chi connectivity index (χ3v) is 3.98. The molecule has 0 aliphatic heterocycles. The Labute approximate surface area is 135 Å². The number of benzene rings is 1. The zero-order valence-electron chi connectivity index (χ0n) is 14.7. The molecule has 1 aromatic carbocycles. The van der Waals surface area contributed by atoms with Gasteiger partial charge in [0.15, 0.2) is 0 Å². The van der Waals surface area contributed by atoms with Crippen LogP contribution in [0.15, 0.2) is 36.6 Å². The monoisotopic (exact) mass is 304 g/mol. The van der Waals surface area contributed by atoms with Crippen molar-refractivity contribution in [1.82, 2.24) is 0 Å². The van der Waals surface area contributed by atoms with Crippen molar-refractivity contribution in [3.05, 3.63) is 47.7 Å². The molecule has 3 heteroatoms. The maximum atomic E-state index is 11.6. The van der Waals surface area contributed by atoms with Gasteiger partial charge in [0.25, 0.3) is 0 Å². The quantitative estimate of drug-likeness (QED) is 0.408. The normalized spacial score (nSPS) is 12.8. The Hall–Kier alpha value is -1.61. The van der Waals surface area contributed by atoms with Gasteiger partial charge < -0.3 is 9.22 Å². The van der Waals surface area contributed by atoms with Crippen LogP contribution in [0.2, 0.25) is 0 Å². The number of nitrogens with zero attached hydrogens (tertiary/aromatic N) is 1. The van der Waals surface area contributed by atoms with E-state index >= 15 is 0 Å². The fraction of sp³-hybridized carbons (Fsp3) is 0.526. The molecule has 0 saturated carbocycles. The summed E-state index contributed by atoms with van der Waals surface area (Å²) in [5.74, 6) is 0.857. The van der Waals surface area contributed by atoms with Crippen molar-refractivity contribution >= 4 is 5.97 Å². The average molecular weight is 304 g/mol. The molecule has 0 fully saturated rings. The van der Waals surface area contributed by atoms with E-state index in [1.54, 1.807) is 6.92 Å². The van der Waals surface area contributed by atoms with Gasteiger partial charge in [-0.3, -0.25) is 4.79 Å². The van der Waals surface area contributed by atoms with Crippen LogP contribution in [-0.4, -0.2) is 31.1 Å². The van der Waals surface area contributed by atoms with Crippen molar-refractivity contribution in [3.8, 4) is 0 Å². The van der Waals surface area contributed by atoms with E-state index in [4.69, 9.17) is 4.74 Å². The van der Waals surface area contributed by atoms with E-state index in [0.29, 0.717) is 18.1 Å². The second-order valence-electron chi connectivity index (χ2n) is 6.79. The number of esters is 1. The molecule has 0 aliphatic rings. The summed E-state index contributed by atoms with van der Waals surface area (Å²) in [4.78, 5) is 11.6. The summed E-state index contributed by atoms with van der Waals surface area (Å²) < 4.78 is 5.76. The van der Waals surface area contributed by atoms with Crippen LogP contribution >= 0.6 is 0 Å². The minimum atomic E-state index is -0.203. The zero-order valence-corrected chi connectivity index (χ0v) is 14.7. The highest BCUT2D eigenvalue weighted by Crippen LogP contribution is 2.20. The van der Waals surface area contributed by atoms with Crippen LogP contribution in [0, 0.1) is 0 Å². The highest BCUT2D eigenvalue weighted by Gasteiger charge is 2.18. The van der Waals surface area contributed by atoms with Crippen LogP contribution in [0.5, 0.6) is 0 Å². The van der Waals surface area contributed by atoms with Crippen LogP contribution in [-0.2, 0) is 16.1 Å². The number of carbonyl (C=O) groups is 1. The molecule has 0 radical (unpaired) electrons. The van der Waals surface area contributed by atoms with Crippen LogP contribution in [0.4, 0.5) is 0 Å². The summed E-state index contributed by atoms with van der Waals surface area (Å²) in [6.07, 6.45) is 1.57. The van der Waals surface area contributed by atoms with E-state index in [2.05, 4.69) is 58.8 Å². The maximum Gasteiger partial charge on any atom is 0.316 e. The number of ether oxygens (including phenoxy) is 1. The lowest BCUT2D eigenvalue weighted by atomic mass is 9.97. The zero-order chi connectivity index (χ0) is 16.8. The van der Waals surface area contributed by atoms with Gasteiger partial charge in [-0.05, 0) is 24.8 Å². The molecule has 0 aliphatic carbocycles. The Bertz CT molecular complexity index is 503. The first-order valence-corrected chi connectivity index (χ1v) is 8.00. The van der Waals surface area contributed by atoms with E-state index in [1.807, 2.05) is 0 Å². The number of hydrogen-bond acceptors (Lipinski definition) is 2. The van der Waals surface area contributed by atoms with Crippen LogP contribution in [0.1, 0.15) is 50.7 Å². The largest absolute Gasteiger partial charge is 0.432 e. The molecule has 0 amide bonds. The molecule has 0 saturated heterocycles. The van der Waals surface area contributed by atoms with Crippen molar-refractivity contribution in [3.63, 3.8) is 0 Å². The molecular formula is C19H30NO2+. The Morgan fingerprint density at radius 2 is 1.86 bits per heavy atom. The lowest BCUT2D eigenvalue weighted by Crippen LogP contribution is -2.40. The molecule has 0 aromatic heterocycles. The molecule has 1 aromatic rings. The molecular weight excluding hydrogens is 274 g/mol. The van der Waals surface area contributed by atoms with Gasteiger partial charge in [0, 0.05) is 5.56 Å². The SMILES string of the molecule is C=C(C)OC(=O)CC[N+](C)(C)Cc1ccc(C(C)CC)cc1. The molecule has 122 valence electrons. The van der Waals surface area contributed by atoms with Gasteiger partial charge in [-0.15, -0.1) is 0 Å². The van der Waals surface area contributed by atoms with Crippen molar-refractivity contribution in [1.29, 1.82) is 0 Å². The van der Waals surface area contributed by atoms with E-state index in [0.717, 1.165) is 24.0 Å². The number of allylic oxidation sites excluding steroid dienone is 1. The molecule has 1 unspecified atom stereocenters. The number of hydrogen-bond donors (Lipinski definition) is 0. The third kappa shape index (κ3) is 6.44. The van der Waals surface area contributed by atoms with Crippen LogP contribution < -0.4 is 0 Å². The van der Waals surface area contributed by atoms with Crippen molar-refractivity contribution < 1.29 is 14.0 Å². The first kappa shape index (κ1) is 18.4. The van der Waals surface area contributed by atoms with Gasteiger partial charge in [-0.25, -0.2) is 0 Å². The smallest absolute Gasteiger partial charge is 0.316 e. The van der Waals surface area contributed by atoms with Gasteiger partial charge in [-0.1, -0.05) is 44.7 Å². The van der Waals surface area contributed by atoms with Crippen molar-refractivity contribution in [2.75, 3.05) is 20.6 Å². The molecule has 1 rings (SSSR count). The second-order valence-corrected chi connectivity index (χ2v) is 6.79. The lowest BCUT2D eigenvalue weighted by molar-refractivity contribution is -0.903. The fourth-order valence-electron chi connectivity index (χ4n) is 2.40. The van der Waals surface area contributed by atoms with Crippen molar-refractivity contribution in [2.45, 2.75) is 46.1 Å². The Morgan fingerprint density at radius 3 is 2.36 bits per heavy atom. The number of rotatable bonds is 8. The Morgan fingerprint density at radius 1 is 1.27 bits per heavy atom. The van der Waals surface area contributed by atoms with Crippen LogP contribution in [0.25, 0.3) is 0 Å². The first-order chi connectivity index (χ1) is 10.2. The highest BCUT2D eigenvalue weighted by atomic mass is 16.5. The van der Waals surface area contributed by atoms with Crippen molar-refractivity contribution in [2.24, 2.45) is 0 Å². The predicted molar refractivity (Wildman–Crippen MR) is 91.4 cm³/mol. The first-order valence-electron chi connectivity index (χ1n) is 8.00. The molecule has 0 spiro atoms. The van der Waals surface area contributed by atoms with Crippen LogP contribution in [0.3, 0.4) is 0 Å². The Kier molecular flexibility index (Phi) is 6.82. The second kappa shape index (κ2) is 8.14. The number of quaternary nitrogens is 1. The van der Waals surface area contributed by atoms with Gasteiger partial charge in [0.2, 0.25) is 0 Å². The predicted octanol–water partition coefficient (Wildman–Crippen LogP) is 4.24. The van der Waals surface area contributed by atoms with E-state index in [1.165, 1.54) is 11.1 Å². The standard InChI is InChI=1S/C19H30NO2/c1-7-16(4)18-10-8-17(9-11-18)14-20(5,6)13-12-19(21)22-15(2)3/h8-11,16H,2,7,12-14H2,1,3-6H3/q+1. The molecule has 1 atom stereocenters. The molecule has 0 N–H and O–H groups in total. The van der Waals surface area contributed by atoms with Gasteiger partial charge >= 0.3 is 5.97 Å².